The fourth-order valence-electron chi connectivity index (χ4n) is 1.47. The van der Waals surface area contributed by atoms with E-state index in [4.69, 9.17) is 18.0 Å². The van der Waals surface area contributed by atoms with Gasteiger partial charge in [0.2, 0.25) is 0 Å². The summed E-state index contributed by atoms with van der Waals surface area (Å²) in [5.74, 6) is 0. The number of nitrogens with two attached hydrogens (primary N) is 1. The highest BCUT2D eigenvalue weighted by Gasteiger charge is 2.13. The molecule has 1 aromatic heterocycles. The number of hydrogen-bond donors (Lipinski definition) is 2. The topological polar surface area (TPSA) is 71.2 Å². The highest BCUT2D eigenvalue weighted by atomic mass is 32.1. The number of carbonyl (C=O) groups is 1. The molecule has 0 aliphatic rings. The number of aromatic nitrogens is 1. The molecular formula is C12H18N4OS. The summed E-state index contributed by atoms with van der Waals surface area (Å²) in [4.78, 5) is 18.0. The smallest absolute Gasteiger partial charge is 0.317 e. The van der Waals surface area contributed by atoms with Crippen molar-refractivity contribution < 1.29 is 4.79 Å². The van der Waals surface area contributed by atoms with E-state index in [1.165, 1.54) is 0 Å². The van der Waals surface area contributed by atoms with E-state index in [0.717, 1.165) is 5.56 Å². The summed E-state index contributed by atoms with van der Waals surface area (Å²) in [6, 6.07) is 3.66. The average molecular weight is 266 g/mol. The van der Waals surface area contributed by atoms with Gasteiger partial charge < -0.3 is 16.0 Å². The van der Waals surface area contributed by atoms with Gasteiger partial charge in [0.15, 0.2) is 0 Å². The Morgan fingerprint density at radius 1 is 1.61 bits per heavy atom. The minimum absolute atomic E-state index is 0.113. The molecule has 0 saturated carbocycles. The normalized spacial score (nSPS) is 9.83. The lowest BCUT2D eigenvalue weighted by Gasteiger charge is -2.22. The monoisotopic (exact) mass is 266 g/mol. The Morgan fingerprint density at radius 2 is 2.39 bits per heavy atom. The predicted octanol–water partition coefficient (Wildman–Crippen LogP) is 1.29. The maximum Gasteiger partial charge on any atom is 0.317 e. The molecule has 0 atom stereocenters. The zero-order valence-corrected chi connectivity index (χ0v) is 11.2. The van der Waals surface area contributed by atoms with Crippen LogP contribution < -0.4 is 11.1 Å². The van der Waals surface area contributed by atoms with Crippen LogP contribution in [0, 0.1) is 0 Å². The molecule has 0 aliphatic heterocycles. The van der Waals surface area contributed by atoms with Crippen molar-refractivity contribution >= 4 is 23.2 Å². The first-order valence-electron chi connectivity index (χ1n) is 5.83. The van der Waals surface area contributed by atoms with Crippen LogP contribution in [0.1, 0.15) is 18.9 Å². The zero-order chi connectivity index (χ0) is 13.4. The second-order valence-electron chi connectivity index (χ2n) is 3.83. The van der Waals surface area contributed by atoms with Crippen molar-refractivity contribution in [2.45, 2.75) is 19.9 Å². The molecule has 0 bridgehead atoms. The molecule has 98 valence electrons. The molecule has 1 aromatic rings. The number of pyridine rings is 1. The van der Waals surface area contributed by atoms with E-state index >= 15 is 0 Å². The first-order chi connectivity index (χ1) is 8.63. The van der Waals surface area contributed by atoms with Crippen LogP contribution in [0.2, 0.25) is 0 Å². The molecule has 6 heteroatoms. The van der Waals surface area contributed by atoms with E-state index in [1.807, 2.05) is 19.1 Å². The summed E-state index contributed by atoms with van der Waals surface area (Å²) in [7, 11) is 0. The van der Waals surface area contributed by atoms with Crippen molar-refractivity contribution in [3.63, 3.8) is 0 Å². The molecule has 3 N–H and O–H groups in total. The number of amides is 2. The molecule has 2 amide bonds. The third-order valence-electron chi connectivity index (χ3n) is 2.34. The third kappa shape index (κ3) is 5.09. The Bertz CT molecular complexity index is 396. The number of carbonyl (C=O) groups excluding carboxylic acids is 1. The van der Waals surface area contributed by atoms with Gasteiger partial charge in [-0.15, -0.1) is 0 Å². The van der Waals surface area contributed by atoms with Gasteiger partial charge in [-0.05, 0) is 18.6 Å². The molecule has 1 heterocycles. The summed E-state index contributed by atoms with van der Waals surface area (Å²) < 4.78 is 0. The quantitative estimate of drug-likeness (QED) is 0.761. The van der Waals surface area contributed by atoms with Crippen LogP contribution in [0.3, 0.4) is 0 Å². The molecule has 1 rings (SSSR count). The predicted molar refractivity (Wildman–Crippen MR) is 75.1 cm³/mol. The standard InChI is InChI=1S/C12H18N4OS/c1-2-15-12(17)16(7-5-11(13)18)9-10-4-3-6-14-8-10/h3-4,6,8H,2,5,7,9H2,1H3,(H2,13,18)(H,15,17). The maximum absolute atomic E-state index is 11.9. The van der Waals surface area contributed by atoms with E-state index in [-0.39, 0.29) is 6.03 Å². The van der Waals surface area contributed by atoms with Gasteiger partial charge in [-0.2, -0.15) is 0 Å². The second kappa shape index (κ2) is 7.60. The van der Waals surface area contributed by atoms with Crippen molar-refractivity contribution in [1.82, 2.24) is 15.2 Å². The summed E-state index contributed by atoms with van der Waals surface area (Å²) in [5.41, 5.74) is 6.45. The van der Waals surface area contributed by atoms with Gasteiger partial charge in [0, 0.05) is 38.4 Å². The zero-order valence-electron chi connectivity index (χ0n) is 10.4. The van der Waals surface area contributed by atoms with Gasteiger partial charge in [0.1, 0.15) is 0 Å². The molecular weight excluding hydrogens is 248 g/mol. The van der Waals surface area contributed by atoms with Crippen LogP contribution in [0.15, 0.2) is 24.5 Å². The largest absolute Gasteiger partial charge is 0.393 e. The molecule has 0 radical (unpaired) electrons. The van der Waals surface area contributed by atoms with Crippen LogP contribution in [-0.2, 0) is 6.54 Å². The Hall–Kier alpha value is -1.69. The molecule has 18 heavy (non-hydrogen) atoms. The minimum atomic E-state index is -0.113. The number of thiocarbonyl (C=S) groups is 1. The summed E-state index contributed by atoms with van der Waals surface area (Å²) in [6.07, 6.45) is 3.97. The lowest BCUT2D eigenvalue weighted by atomic mass is 10.2. The first-order valence-corrected chi connectivity index (χ1v) is 6.24. The van der Waals surface area contributed by atoms with Crippen molar-refractivity contribution in [1.29, 1.82) is 0 Å². The highest BCUT2D eigenvalue weighted by Crippen LogP contribution is 2.04. The SMILES string of the molecule is CCNC(=O)N(CCC(N)=S)Cc1cccnc1. The molecule has 0 aliphatic carbocycles. The second-order valence-corrected chi connectivity index (χ2v) is 4.36. The first kappa shape index (κ1) is 14.4. The molecule has 0 aromatic carbocycles. The van der Waals surface area contributed by atoms with Gasteiger partial charge >= 0.3 is 6.03 Å². The van der Waals surface area contributed by atoms with Crippen molar-refractivity contribution in [3.05, 3.63) is 30.1 Å². The van der Waals surface area contributed by atoms with Gasteiger partial charge in [0.05, 0.1) is 4.99 Å². The van der Waals surface area contributed by atoms with E-state index in [2.05, 4.69) is 10.3 Å². The third-order valence-corrected chi connectivity index (χ3v) is 2.54. The number of nitrogens with one attached hydrogen (secondary N) is 1. The molecule has 0 spiro atoms. The van der Waals surface area contributed by atoms with Gasteiger partial charge in [-0.25, -0.2) is 4.79 Å². The van der Waals surface area contributed by atoms with Crippen LogP contribution in [0.5, 0.6) is 0 Å². The van der Waals surface area contributed by atoms with Gasteiger partial charge in [-0.3, -0.25) is 4.98 Å². The van der Waals surface area contributed by atoms with Gasteiger partial charge in [-0.1, -0.05) is 18.3 Å². The van der Waals surface area contributed by atoms with Crippen molar-refractivity contribution in [3.8, 4) is 0 Å². The Kier molecular flexibility index (Phi) is 6.07. The molecule has 5 nitrogen and oxygen atoms in total. The summed E-state index contributed by atoms with van der Waals surface area (Å²) in [5, 5.41) is 2.77. The lowest BCUT2D eigenvalue weighted by Crippen LogP contribution is -2.40. The molecule has 0 unspecified atom stereocenters. The van der Waals surface area contributed by atoms with Crippen LogP contribution in [-0.4, -0.2) is 34.0 Å². The fraction of sp³-hybridized carbons (Fsp3) is 0.417. The molecule has 0 saturated heterocycles. The Labute approximate surface area is 112 Å². The summed E-state index contributed by atoms with van der Waals surface area (Å²) in [6.45, 7) is 3.49. The maximum atomic E-state index is 11.9. The minimum Gasteiger partial charge on any atom is -0.393 e. The van der Waals surface area contributed by atoms with E-state index in [9.17, 15) is 4.79 Å². The lowest BCUT2D eigenvalue weighted by molar-refractivity contribution is 0.197. The molecule has 0 fully saturated rings. The summed E-state index contributed by atoms with van der Waals surface area (Å²) >= 11 is 4.84. The number of hydrogen-bond acceptors (Lipinski definition) is 3. The van der Waals surface area contributed by atoms with Crippen LogP contribution in [0.4, 0.5) is 4.79 Å². The number of nitrogens with zero attached hydrogens (tertiary/aromatic N) is 2. The Morgan fingerprint density at radius 3 is 2.94 bits per heavy atom. The van der Waals surface area contributed by atoms with E-state index in [0.29, 0.717) is 31.0 Å². The van der Waals surface area contributed by atoms with Crippen molar-refractivity contribution in [2.75, 3.05) is 13.1 Å². The van der Waals surface area contributed by atoms with Gasteiger partial charge in [0.25, 0.3) is 0 Å². The van der Waals surface area contributed by atoms with Crippen molar-refractivity contribution in [2.24, 2.45) is 5.73 Å². The highest BCUT2D eigenvalue weighted by molar-refractivity contribution is 7.80. The Balaban J connectivity index is 2.64. The average Bonchev–Trinajstić information content (AvgIpc) is 2.35. The fourth-order valence-corrected chi connectivity index (χ4v) is 1.56. The van der Waals surface area contributed by atoms with E-state index < -0.39 is 0 Å². The number of rotatable bonds is 6. The van der Waals surface area contributed by atoms with Crippen LogP contribution in [0.25, 0.3) is 0 Å². The number of urea groups is 1. The van der Waals surface area contributed by atoms with E-state index in [1.54, 1.807) is 17.3 Å². The van der Waals surface area contributed by atoms with Crippen LogP contribution >= 0.6 is 12.2 Å².